The minimum absolute atomic E-state index is 0.194. The van der Waals surface area contributed by atoms with Gasteiger partial charge in [-0.25, -0.2) is 0 Å². The van der Waals surface area contributed by atoms with E-state index in [1.54, 1.807) is 29.1 Å². The number of hydrogen-bond acceptors (Lipinski definition) is 3. The van der Waals surface area contributed by atoms with Crippen LogP contribution in [0.5, 0.6) is 0 Å². The van der Waals surface area contributed by atoms with E-state index < -0.39 is 5.91 Å². The molecule has 0 bridgehead atoms. The van der Waals surface area contributed by atoms with E-state index in [9.17, 15) is 9.59 Å². The van der Waals surface area contributed by atoms with Gasteiger partial charge in [0.2, 0.25) is 5.91 Å². The monoisotopic (exact) mass is 354 g/mol. The molecule has 0 aliphatic heterocycles. The zero-order valence-electron chi connectivity index (χ0n) is 13.1. The number of nitrogens with one attached hydrogen (secondary N) is 1. The number of anilines is 1. The summed E-state index contributed by atoms with van der Waals surface area (Å²) in [6.45, 7) is 0.638. The molecule has 3 aromatic rings. The Morgan fingerprint density at radius 1 is 1.16 bits per heavy atom. The van der Waals surface area contributed by atoms with Gasteiger partial charge in [-0.2, -0.15) is 5.10 Å². The molecule has 0 saturated heterocycles. The van der Waals surface area contributed by atoms with Crippen molar-refractivity contribution in [2.24, 2.45) is 5.73 Å². The first-order valence-corrected chi connectivity index (χ1v) is 7.88. The number of rotatable bonds is 5. The Morgan fingerprint density at radius 3 is 2.52 bits per heavy atom. The van der Waals surface area contributed by atoms with Crippen LogP contribution < -0.4 is 11.1 Å². The molecule has 3 rings (SSSR count). The number of halogens is 1. The van der Waals surface area contributed by atoms with Gasteiger partial charge in [-0.1, -0.05) is 23.7 Å². The van der Waals surface area contributed by atoms with Crippen LogP contribution in [-0.4, -0.2) is 21.6 Å². The Labute approximate surface area is 149 Å². The summed E-state index contributed by atoms with van der Waals surface area (Å²) in [5, 5.41) is 7.08. The van der Waals surface area contributed by atoms with E-state index >= 15 is 0 Å². The van der Waals surface area contributed by atoms with Crippen LogP contribution in [0, 0.1) is 0 Å². The van der Waals surface area contributed by atoms with Crippen LogP contribution in [0.25, 0.3) is 0 Å². The highest BCUT2D eigenvalue weighted by atomic mass is 35.5. The Bertz CT molecular complexity index is 905. The molecule has 2 aromatic carbocycles. The lowest BCUT2D eigenvalue weighted by Gasteiger charge is -2.08. The molecule has 0 unspecified atom stereocenters. The highest BCUT2D eigenvalue weighted by molar-refractivity contribution is 6.34. The van der Waals surface area contributed by atoms with Crippen LogP contribution in [0.4, 0.5) is 5.69 Å². The Kier molecular flexibility index (Phi) is 4.81. The van der Waals surface area contributed by atoms with E-state index in [4.69, 9.17) is 17.3 Å². The molecule has 0 atom stereocenters. The van der Waals surface area contributed by atoms with E-state index in [1.165, 1.54) is 12.1 Å². The second-order valence-corrected chi connectivity index (χ2v) is 5.82. The van der Waals surface area contributed by atoms with E-state index in [2.05, 4.69) is 10.4 Å². The maximum Gasteiger partial charge on any atom is 0.255 e. The molecule has 0 aliphatic carbocycles. The number of aromatic nitrogens is 2. The second kappa shape index (κ2) is 7.19. The molecule has 3 N–H and O–H groups in total. The van der Waals surface area contributed by atoms with Gasteiger partial charge in [0.1, 0.15) is 0 Å². The molecule has 0 radical (unpaired) electrons. The molecule has 6 nitrogen and oxygen atoms in total. The Hall–Kier alpha value is -3.12. The fourth-order valence-corrected chi connectivity index (χ4v) is 2.61. The summed E-state index contributed by atoms with van der Waals surface area (Å²) in [5.74, 6) is -0.885. The van der Waals surface area contributed by atoms with Crippen molar-refractivity contribution >= 4 is 29.1 Å². The first kappa shape index (κ1) is 16.7. The van der Waals surface area contributed by atoms with Gasteiger partial charge in [0, 0.05) is 23.6 Å². The van der Waals surface area contributed by atoms with Crippen LogP contribution >= 0.6 is 11.6 Å². The maximum atomic E-state index is 12.3. The largest absolute Gasteiger partial charge is 0.366 e. The predicted octanol–water partition coefficient (Wildman–Crippen LogP) is 2.94. The zero-order valence-corrected chi connectivity index (χ0v) is 13.9. The minimum atomic E-state index is -0.615. The average Bonchev–Trinajstić information content (AvgIpc) is 3.08. The summed E-state index contributed by atoms with van der Waals surface area (Å²) >= 11 is 5.98. The Morgan fingerprint density at radius 2 is 1.92 bits per heavy atom. The molecule has 25 heavy (non-hydrogen) atoms. The van der Waals surface area contributed by atoms with Gasteiger partial charge in [0.05, 0.1) is 17.1 Å². The molecular formula is C18H15ClN4O2. The van der Waals surface area contributed by atoms with Crippen LogP contribution in [0.2, 0.25) is 5.02 Å². The van der Waals surface area contributed by atoms with Crippen molar-refractivity contribution in [1.82, 2.24) is 9.78 Å². The van der Waals surface area contributed by atoms with Gasteiger partial charge < -0.3 is 11.1 Å². The molecule has 7 heteroatoms. The standard InChI is InChI=1S/C18H15ClN4O2/c19-16-10-14(6-7-15(16)17(20)24)22-18(25)13-4-2-12(3-5-13)11-23-9-1-8-21-23/h1-10H,11H2,(H2,20,24)(H,22,25). The normalized spacial score (nSPS) is 10.4. The fraction of sp³-hybridized carbons (Fsp3) is 0.0556. The molecule has 1 heterocycles. The SMILES string of the molecule is NC(=O)c1ccc(NC(=O)c2ccc(Cn3cccn3)cc2)cc1Cl. The van der Waals surface area contributed by atoms with Crippen molar-refractivity contribution in [2.75, 3.05) is 5.32 Å². The molecule has 0 spiro atoms. The zero-order chi connectivity index (χ0) is 17.8. The molecule has 2 amide bonds. The number of carbonyl (C=O) groups is 2. The van der Waals surface area contributed by atoms with Crippen molar-refractivity contribution < 1.29 is 9.59 Å². The van der Waals surface area contributed by atoms with Crippen LogP contribution in [0.15, 0.2) is 60.9 Å². The third kappa shape index (κ3) is 4.05. The summed E-state index contributed by atoms with van der Waals surface area (Å²) in [6.07, 6.45) is 3.59. The van der Waals surface area contributed by atoms with E-state index in [1.807, 2.05) is 24.4 Å². The summed E-state index contributed by atoms with van der Waals surface area (Å²) in [4.78, 5) is 23.5. The van der Waals surface area contributed by atoms with Gasteiger partial charge in [-0.05, 0) is 42.0 Å². The van der Waals surface area contributed by atoms with Crippen molar-refractivity contribution in [3.05, 3.63) is 82.6 Å². The maximum absolute atomic E-state index is 12.3. The topological polar surface area (TPSA) is 90.0 Å². The number of primary amides is 1. The Balaban J connectivity index is 1.69. The summed E-state index contributed by atoms with van der Waals surface area (Å²) < 4.78 is 1.80. The average molecular weight is 355 g/mol. The molecule has 126 valence electrons. The smallest absolute Gasteiger partial charge is 0.255 e. The van der Waals surface area contributed by atoms with Gasteiger partial charge >= 0.3 is 0 Å². The fourth-order valence-electron chi connectivity index (χ4n) is 2.34. The minimum Gasteiger partial charge on any atom is -0.366 e. The van der Waals surface area contributed by atoms with Crippen LogP contribution in [-0.2, 0) is 6.54 Å². The quantitative estimate of drug-likeness (QED) is 0.738. The molecule has 0 saturated carbocycles. The number of carbonyl (C=O) groups excluding carboxylic acids is 2. The number of amides is 2. The summed E-state index contributed by atoms with van der Waals surface area (Å²) in [6, 6.07) is 13.6. The number of benzene rings is 2. The highest BCUT2D eigenvalue weighted by Crippen LogP contribution is 2.21. The van der Waals surface area contributed by atoms with Gasteiger partial charge in [-0.3, -0.25) is 14.3 Å². The van der Waals surface area contributed by atoms with Gasteiger partial charge in [-0.15, -0.1) is 0 Å². The van der Waals surface area contributed by atoms with Crippen molar-refractivity contribution in [1.29, 1.82) is 0 Å². The van der Waals surface area contributed by atoms with Crippen LogP contribution in [0.1, 0.15) is 26.3 Å². The lowest BCUT2D eigenvalue weighted by molar-refractivity contribution is 0.0998. The van der Waals surface area contributed by atoms with Gasteiger partial charge in [0.25, 0.3) is 5.91 Å². The number of nitrogens with zero attached hydrogens (tertiary/aromatic N) is 2. The van der Waals surface area contributed by atoms with Crippen molar-refractivity contribution in [3.8, 4) is 0 Å². The lowest BCUT2D eigenvalue weighted by Crippen LogP contribution is -2.14. The van der Waals surface area contributed by atoms with Crippen molar-refractivity contribution in [2.45, 2.75) is 6.54 Å². The molecule has 0 aliphatic rings. The van der Waals surface area contributed by atoms with E-state index in [0.717, 1.165) is 5.56 Å². The first-order valence-electron chi connectivity index (χ1n) is 7.50. The van der Waals surface area contributed by atoms with Gasteiger partial charge in [0.15, 0.2) is 0 Å². The number of nitrogens with two attached hydrogens (primary N) is 1. The highest BCUT2D eigenvalue weighted by Gasteiger charge is 2.10. The lowest BCUT2D eigenvalue weighted by atomic mass is 10.1. The molecule has 1 aromatic heterocycles. The van der Waals surface area contributed by atoms with Crippen LogP contribution in [0.3, 0.4) is 0 Å². The van der Waals surface area contributed by atoms with Crippen molar-refractivity contribution in [3.63, 3.8) is 0 Å². The summed E-state index contributed by atoms with van der Waals surface area (Å²) in [5.41, 5.74) is 7.45. The third-order valence-electron chi connectivity index (χ3n) is 3.61. The van der Waals surface area contributed by atoms with E-state index in [-0.39, 0.29) is 16.5 Å². The molecule has 0 fully saturated rings. The molecular weight excluding hydrogens is 340 g/mol. The third-order valence-corrected chi connectivity index (χ3v) is 3.93. The first-order chi connectivity index (χ1) is 12.0. The van der Waals surface area contributed by atoms with E-state index in [0.29, 0.717) is 17.8 Å². The second-order valence-electron chi connectivity index (χ2n) is 5.41. The summed E-state index contributed by atoms with van der Waals surface area (Å²) in [7, 11) is 0. The predicted molar refractivity (Wildman–Crippen MR) is 95.7 cm³/mol. The number of hydrogen-bond donors (Lipinski definition) is 2.